The Morgan fingerprint density at radius 2 is 2.03 bits per heavy atom. The fourth-order valence-electron chi connectivity index (χ4n) is 3.25. The lowest BCUT2D eigenvalue weighted by molar-refractivity contribution is -0.192. The molecule has 4 rings (SSSR count). The summed E-state index contributed by atoms with van der Waals surface area (Å²) in [5, 5.41) is 10.1. The van der Waals surface area contributed by atoms with E-state index in [1.807, 2.05) is 42.2 Å². The van der Waals surface area contributed by atoms with Crippen molar-refractivity contribution in [1.82, 2.24) is 24.3 Å². The highest BCUT2D eigenvalue weighted by Crippen LogP contribution is 2.17. The first-order valence-corrected chi connectivity index (χ1v) is 9.61. The molecular formula is C20H22F3N5O4. The van der Waals surface area contributed by atoms with E-state index in [1.165, 1.54) is 5.56 Å². The second-order valence-corrected chi connectivity index (χ2v) is 7.15. The molecule has 9 nitrogen and oxygen atoms in total. The minimum absolute atomic E-state index is 0.0690. The van der Waals surface area contributed by atoms with Crippen molar-refractivity contribution in [2.75, 3.05) is 6.54 Å². The smallest absolute Gasteiger partial charge is 0.475 e. The zero-order valence-corrected chi connectivity index (χ0v) is 17.2. The van der Waals surface area contributed by atoms with Gasteiger partial charge in [-0.05, 0) is 18.2 Å². The van der Waals surface area contributed by atoms with Crippen LogP contribution in [0.2, 0.25) is 0 Å². The predicted molar refractivity (Wildman–Crippen MR) is 105 cm³/mol. The molecule has 32 heavy (non-hydrogen) atoms. The number of carboxylic acids is 1. The topological polar surface area (TPSA) is 106 Å². The molecule has 3 aromatic heterocycles. The van der Waals surface area contributed by atoms with Crippen LogP contribution in [-0.4, -0.2) is 48.7 Å². The van der Waals surface area contributed by atoms with Crippen LogP contribution in [0.4, 0.5) is 13.2 Å². The molecule has 4 heterocycles. The van der Waals surface area contributed by atoms with Gasteiger partial charge in [-0.15, -0.1) is 0 Å². The monoisotopic (exact) mass is 453 g/mol. The van der Waals surface area contributed by atoms with Gasteiger partial charge in [0, 0.05) is 38.4 Å². The number of aromatic nitrogens is 3. The van der Waals surface area contributed by atoms with Crippen molar-refractivity contribution in [3.63, 3.8) is 0 Å². The van der Waals surface area contributed by atoms with Crippen molar-refractivity contribution in [3.8, 4) is 0 Å². The second-order valence-electron chi connectivity index (χ2n) is 7.15. The minimum atomic E-state index is -5.08. The van der Waals surface area contributed by atoms with Crippen LogP contribution in [0.1, 0.15) is 27.6 Å². The molecule has 3 aromatic rings. The first kappa shape index (κ1) is 23.1. The highest BCUT2D eigenvalue weighted by atomic mass is 19.4. The fraction of sp³-hybridized carbons (Fsp3) is 0.350. The Labute approximate surface area is 181 Å². The summed E-state index contributed by atoms with van der Waals surface area (Å²) in [6, 6.07) is 5.67. The average Bonchev–Trinajstić information content (AvgIpc) is 3.47. The number of aryl methyl sites for hydroxylation is 1. The number of imidazole rings is 1. The van der Waals surface area contributed by atoms with E-state index in [9.17, 15) is 18.0 Å². The maximum Gasteiger partial charge on any atom is 0.490 e. The number of rotatable bonds is 5. The van der Waals surface area contributed by atoms with Crippen molar-refractivity contribution in [2.24, 2.45) is 7.05 Å². The summed E-state index contributed by atoms with van der Waals surface area (Å²) in [7, 11) is 1.87. The Hall–Kier alpha value is -3.54. The number of halogens is 3. The third-order valence-corrected chi connectivity index (χ3v) is 4.86. The van der Waals surface area contributed by atoms with Gasteiger partial charge < -0.3 is 24.0 Å². The summed E-state index contributed by atoms with van der Waals surface area (Å²) in [6.07, 6.45) is 2.13. The number of carbonyl (C=O) groups is 2. The maximum atomic E-state index is 12.2. The zero-order chi connectivity index (χ0) is 23.3. The molecule has 12 heteroatoms. The van der Waals surface area contributed by atoms with Crippen LogP contribution in [0.15, 0.2) is 47.5 Å². The summed E-state index contributed by atoms with van der Waals surface area (Å²) in [5.74, 6) is -1.79. The van der Waals surface area contributed by atoms with Crippen molar-refractivity contribution >= 4 is 11.9 Å². The molecule has 0 saturated carbocycles. The highest BCUT2D eigenvalue weighted by molar-refractivity contribution is 5.92. The summed E-state index contributed by atoms with van der Waals surface area (Å²) in [6.45, 7) is 3.98. The number of carbonyl (C=O) groups excluding carboxylic acids is 1. The molecule has 1 aliphatic heterocycles. The van der Waals surface area contributed by atoms with Gasteiger partial charge in [0.25, 0.3) is 5.91 Å². The van der Waals surface area contributed by atoms with Crippen LogP contribution in [0.25, 0.3) is 0 Å². The number of carboxylic acid groups (broad SMARTS) is 1. The Morgan fingerprint density at radius 3 is 2.62 bits per heavy atom. The highest BCUT2D eigenvalue weighted by Gasteiger charge is 2.38. The van der Waals surface area contributed by atoms with Gasteiger partial charge >= 0.3 is 12.1 Å². The van der Waals surface area contributed by atoms with E-state index in [1.54, 1.807) is 12.5 Å². The van der Waals surface area contributed by atoms with E-state index in [2.05, 4.69) is 19.8 Å². The molecule has 0 aromatic carbocycles. The first-order valence-electron chi connectivity index (χ1n) is 9.61. The lowest BCUT2D eigenvalue weighted by Gasteiger charge is -2.28. The van der Waals surface area contributed by atoms with Crippen LogP contribution >= 0.6 is 0 Å². The van der Waals surface area contributed by atoms with E-state index in [4.69, 9.17) is 14.3 Å². The number of hydrogen-bond acceptors (Lipinski definition) is 5. The molecule has 1 amide bonds. The summed E-state index contributed by atoms with van der Waals surface area (Å²) in [5.41, 5.74) is 2.88. The lowest BCUT2D eigenvalue weighted by atomic mass is 10.2. The van der Waals surface area contributed by atoms with E-state index in [0.717, 1.165) is 37.7 Å². The molecule has 0 fully saturated rings. The SMILES string of the molecule is Cn1cccc1C(=O)NCc1cnc2n1CCN(Cc1ccoc1)C2.O=C(O)C(F)(F)F. The summed E-state index contributed by atoms with van der Waals surface area (Å²) >= 11 is 0. The van der Waals surface area contributed by atoms with Crippen molar-refractivity contribution in [3.05, 3.63) is 65.9 Å². The third-order valence-electron chi connectivity index (χ3n) is 4.86. The van der Waals surface area contributed by atoms with Crippen molar-refractivity contribution < 1.29 is 32.3 Å². The van der Waals surface area contributed by atoms with Gasteiger partial charge in [-0.25, -0.2) is 9.78 Å². The molecule has 0 saturated heterocycles. The quantitative estimate of drug-likeness (QED) is 0.615. The maximum absolute atomic E-state index is 12.2. The van der Waals surface area contributed by atoms with Crippen LogP contribution in [-0.2, 0) is 38.0 Å². The fourth-order valence-corrected chi connectivity index (χ4v) is 3.25. The molecular weight excluding hydrogens is 431 g/mol. The first-order chi connectivity index (χ1) is 15.1. The average molecular weight is 453 g/mol. The number of aliphatic carboxylic acids is 1. The molecule has 1 aliphatic rings. The van der Waals surface area contributed by atoms with Gasteiger partial charge in [0.05, 0.1) is 37.5 Å². The Balaban J connectivity index is 0.000000360. The van der Waals surface area contributed by atoms with E-state index >= 15 is 0 Å². The molecule has 0 atom stereocenters. The summed E-state index contributed by atoms with van der Waals surface area (Å²) < 4.78 is 40.9. The normalized spacial score (nSPS) is 13.8. The van der Waals surface area contributed by atoms with Gasteiger partial charge in [0.1, 0.15) is 11.5 Å². The van der Waals surface area contributed by atoms with Crippen LogP contribution < -0.4 is 5.32 Å². The number of hydrogen-bond donors (Lipinski definition) is 2. The minimum Gasteiger partial charge on any atom is -0.475 e. The molecule has 172 valence electrons. The number of amides is 1. The van der Waals surface area contributed by atoms with Crippen LogP contribution in [0.5, 0.6) is 0 Å². The lowest BCUT2D eigenvalue weighted by Crippen LogP contribution is -2.34. The van der Waals surface area contributed by atoms with Gasteiger partial charge in [-0.1, -0.05) is 0 Å². The largest absolute Gasteiger partial charge is 0.490 e. The predicted octanol–water partition coefficient (Wildman–Crippen LogP) is 2.39. The van der Waals surface area contributed by atoms with Crippen molar-refractivity contribution in [1.29, 1.82) is 0 Å². The number of nitrogens with zero attached hydrogens (tertiary/aromatic N) is 4. The van der Waals surface area contributed by atoms with E-state index in [0.29, 0.717) is 12.2 Å². The van der Waals surface area contributed by atoms with Crippen molar-refractivity contribution in [2.45, 2.75) is 32.4 Å². The zero-order valence-electron chi connectivity index (χ0n) is 17.2. The number of fused-ring (bicyclic) bond motifs is 1. The van der Waals surface area contributed by atoms with Crippen LogP contribution in [0, 0.1) is 0 Å². The Morgan fingerprint density at radius 1 is 1.28 bits per heavy atom. The number of alkyl halides is 3. The van der Waals surface area contributed by atoms with Crippen LogP contribution in [0.3, 0.4) is 0 Å². The third kappa shape index (κ3) is 5.78. The van der Waals surface area contributed by atoms with E-state index < -0.39 is 12.1 Å². The number of nitrogens with one attached hydrogen (secondary N) is 1. The van der Waals surface area contributed by atoms with E-state index in [-0.39, 0.29) is 5.91 Å². The molecule has 2 N–H and O–H groups in total. The van der Waals surface area contributed by atoms with Gasteiger partial charge in [0.2, 0.25) is 0 Å². The molecule has 0 spiro atoms. The standard InChI is InChI=1S/C18H21N5O2.C2HF3O2/c1-21-5-2-3-16(21)18(24)20-10-15-9-19-17-12-22(6-7-23(15)17)11-14-4-8-25-13-14;3-2(4,5)1(6)7/h2-5,8-9,13H,6-7,10-12H2,1H3,(H,20,24);(H,6,7). The Bertz CT molecular complexity index is 1060. The molecule has 0 radical (unpaired) electrons. The van der Waals surface area contributed by atoms with Gasteiger partial charge in [0.15, 0.2) is 0 Å². The number of furan rings is 1. The molecule has 0 bridgehead atoms. The van der Waals surface area contributed by atoms with Gasteiger partial charge in [-0.2, -0.15) is 13.2 Å². The second kappa shape index (κ2) is 9.73. The molecule has 0 aliphatic carbocycles. The summed E-state index contributed by atoms with van der Waals surface area (Å²) in [4.78, 5) is 28.0. The Kier molecular flexibility index (Phi) is 7.03. The molecule has 0 unspecified atom stereocenters. The van der Waals surface area contributed by atoms with Gasteiger partial charge in [-0.3, -0.25) is 9.69 Å².